The predicted molar refractivity (Wildman–Crippen MR) is 158 cm³/mol. The minimum absolute atomic E-state index is 0.521. The van der Waals surface area contributed by atoms with Gasteiger partial charge in [0, 0.05) is 0 Å². The van der Waals surface area contributed by atoms with Crippen LogP contribution in [0.5, 0.6) is 0 Å². The van der Waals surface area contributed by atoms with Crippen LogP contribution in [0.25, 0.3) is 12.2 Å². The molecule has 0 heterocycles. The van der Waals surface area contributed by atoms with Crippen LogP contribution >= 0.6 is 0 Å². The molecule has 3 aliphatic rings. The Morgan fingerprint density at radius 1 is 0.568 bits per heavy atom. The second-order valence-electron chi connectivity index (χ2n) is 10.4. The maximum atomic E-state index is 2.63. The zero-order valence-electron chi connectivity index (χ0n) is 20.9. The van der Waals surface area contributed by atoms with Crippen molar-refractivity contribution >= 4 is 28.5 Å². The molecule has 0 saturated carbocycles. The molecule has 4 aromatic rings. The van der Waals surface area contributed by atoms with E-state index in [4.69, 9.17) is 0 Å². The summed E-state index contributed by atoms with van der Waals surface area (Å²) >= 11 is -3.70. The van der Waals surface area contributed by atoms with Crippen molar-refractivity contribution in [1.29, 1.82) is 0 Å². The molecule has 0 fully saturated rings. The number of allylic oxidation sites excluding steroid dienone is 6. The molecule has 37 heavy (non-hydrogen) atoms. The number of hydrogen-bond donors (Lipinski definition) is 0. The first kappa shape index (κ1) is 23.1. The molecule has 0 amide bonds. The topological polar surface area (TPSA) is 0 Å². The second kappa shape index (κ2) is 9.67. The van der Waals surface area contributed by atoms with E-state index in [-0.39, 0.29) is 0 Å². The van der Waals surface area contributed by atoms with Crippen LogP contribution in [0.4, 0.5) is 0 Å². The summed E-state index contributed by atoms with van der Waals surface area (Å²) in [7, 11) is 0. The average molecular weight is 657 g/mol. The minimum atomic E-state index is -3.70. The van der Waals surface area contributed by atoms with E-state index in [0.717, 1.165) is 6.42 Å². The van der Waals surface area contributed by atoms with Gasteiger partial charge in [-0.05, 0) is 0 Å². The SMILES string of the molecule is C1=CC[C]([Hf]([CH]2C=Cc3ccccc32)([CH]2C=Cc3ccccc32)[SiH](c2ccccc2)c2ccccc2)=C1. The molecule has 0 nitrogen and oxygen atoms in total. The van der Waals surface area contributed by atoms with Gasteiger partial charge >= 0.3 is 227 Å². The van der Waals surface area contributed by atoms with Gasteiger partial charge in [0.2, 0.25) is 0 Å². The van der Waals surface area contributed by atoms with Crippen molar-refractivity contribution in [3.63, 3.8) is 0 Å². The normalized spacial score (nSPS) is 20.6. The third-order valence-electron chi connectivity index (χ3n) is 8.70. The van der Waals surface area contributed by atoms with Crippen molar-refractivity contribution in [3.05, 3.63) is 165 Å². The second-order valence-corrected chi connectivity index (χ2v) is 40.2. The van der Waals surface area contributed by atoms with Crippen LogP contribution in [0.15, 0.2) is 143 Å². The summed E-state index contributed by atoms with van der Waals surface area (Å²) in [6.07, 6.45) is 18.6. The molecule has 0 radical (unpaired) electrons. The van der Waals surface area contributed by atoms with Gasteiger partial charge < -0.3 is 0 Å². The average Bonchev–Trinajstić information content (AvgIpc) is 3.74. The summed E-state index contributed by atoms with van der Waals surface area (Å²) in [5.41, 5.74) is 5.98. The molecule has 0 N–H and O–H groups in total. The van der Waals surface area contributed by atoms with E-state index < -0.39 is 25.1 Å². The fraction of sp³-hybridized carbons (Fsp3) is 0.0857. The van der Waals surface area contributed by atoms with Crippen molar-refractivity contribution in [1.82, 2.24) is 0 Å². The third kappa shape index (κ3) is 3.73. The molecule has 2 heteroatoms. The molecule has 4 aromatic carbocycles. The fourth-order valence-electron chi connectivity index (χ4n) is 7.27. The van der Waals surface area contributed by atoms with Crippen LogP contribution in [0.1, 0.15) is 36.0 Å². The first-order valence-corrected chi connectivity index (χ1v) is 27.3. The van der Waals surface area contributed by atoms with E-state index in [1.807, 2.05) is 0 Å². The Kier molecular flexibility index (Phi) is 6.03. The van der Waals surface area contributed by atoms with Crippen LogP contribution in [-0.2, 0) is 19.1 Å². The van der Waals surface area contributed by atoms with Crippen LogP contribution in [0.2, 0.25) is 0 Å². The van der Waals surface area contributed by atoms with E-state index in [0.29, 0.717) is 7.35 Å². The van der Waals surface area contributed by atoms with Gasteiger partial charge in [-0.3, -0.25) is 0 Å². The first-order valence-electron chi connectivity index (χ1n) is 13.4. The number of rotatable bonds is 6. The Labute approximate surface area is 225 Å². The molecule has 0 aromatic heterocycles. The zero-order chi connectivity index (χ0) is 24.7. The van der Waals surface area contributed by atoms with Gasteiger partial charge in [-0.1, -0.05) is 0 Å². The quantitative estimate of drug-likeness (QED) is 0.195. The van der Waals surface area contributed by atoms with Crippen molar-refractivity contribution in [2.45, 2.75) is 13.8 Å². The van der Waals surface area contributed by atoms with Crippen LogP contribution in [0.3, 0.4) is 0 Å². The monoisotopic (exact) mass is 658 g/mol. The standard InChI is InChI=1S/C12H11Si.2C9H7.C5H5.Hf/c1-3-7-11(8-4-1)13-12-9-5-2-6-10-12;2*1-2-5-9-7-3-6-8(9)4-1;1-2-4-5-3-1;/h1-10,13H;2*1-7H;1-3H,4H2;. The molecule has 0 aliphatic heterocycles. The van der Waals surface area contributed by atoms with Crippen LogP contribution < -0.4 is 10.4 Å². The zero-order valence-corrected chi connectivity index (χ0v) is 25.6. The Hall–Kier alpha value is -3.07. The molecule has 0 spiro atoms. The van der Waals surface area contributed by atoms with E-state index >= 15 is 0 Å². The van der Waals surface area contributed by atoms with E-state index in [9.17, 15) is 0 Å². The van der Waals surface area contributed by atoms with E-state index in [2.05, 4.69) is 152 Å². The predicted octanol–water partition coefficient (Wildman–Crippen LogP) is 7.06. The molecule has 0 bridgehead atoms. The van der Waals surface area contributed by atoms with Gasteiger partial charge in [0.25, 0.3) is 0 Å². The van der Waals surface area contributed by atoms with Crippen LogP contribution in [0, 0.1) is 0 Å². The molecule has 0 saturated heterocycles. The Morgan fingerprint density at radius 2 is 1.05 bits per heavy atom. The van der Waals surface area contributed by atoms with Gasteiger partial charge in [-0.15, -0.1) is 0 Å². The Balaban J connectivity index is 1.59. The van der Waals surface area contributed by atoms with Gasteiger partial charge in [-0.2, -0.15) is 0 Å². The molecule has 7 rings (SSSR count). The van der Waals surface area contributed by atoms with Crippen molar-refractivity contribution < 1.29 is 19.1 Å². The van der Waals surface area contributed by atoms with Gasteiger partial charge in [0.1, 0.15) is 0 Å². The van der Waals surface area contributed by atoms with Gasteiger partial charge in [0.15, 0.2) is 0 Å². The van der Waals surface area contributed by atoms with Gasteiger partial charge in [-0.25, -0.2) is 0 Å². The molecular weight excluding hydrogens is 627 g/mol. The number of fused-ring (bicyclic) bond motifs is 2. The maximum absolute atomic E-state index is 3.70. The molecule has 2 atom stereocenters. The number of hydrogen-bond acceptors (Lipinski definition) is 0. The van der Waals surface area contributed by atoms with Crippen LogP contribution in [-0.4, -0.2) is 5.98 Å². The van der Waals surface area contributed by atoms with Crippen molar-refractivity contribution in [2.75, 3.05) is 0 Å². The summed E-state index contributed by atoms with van der Waals surface area (Å²) in [6.45, 7) is 0. The summed E-state index contributed by atoms with van der Waals surface area (Å²) in [5, 5.41) is 3.22. The Morgan fingerprint density at radius 3 is 1.54 bits per heavy atom. The molecular formula is C35H30HfSi. The van der Waals surface area contributed by atoms with E-state index in [1.165, 1.54) is 11.1 Å². The summed E-state index contributed by atoms with van der Waals surface area (Å²) in [4.78, 5) is 0. The van der Waals surface area contributed by atoms with Gasteiger partial charge in [0.05, 0.1) is 0 Å². The first-order chi connectivity index (χ1) is 18.4. The molecule has 2 unspecified atom stereocenters. The van der Waals surface area contributed by atoms with Crippen molar-refractivity contribution in [3.8, 4) is 0 Å². The van der Waals surface area contributed by atoms with E-state index in [1.54, 1.807) is 24.8 Å². The Bertz CT molecular complexity index is 1460. The fourth-order valence-corrected chi connectivity index (χ4v) is 61.3. The summed E-state index contributed by atoms with van der Waals surface area (Å²) < 4.78 is 2.84. The van der Waals surface area contributed by atoms with Crippen molar-refractivity contribution in [2.24, 2.45) is 0 Å². The molecule has 3 aliphatic carbocycles. The summed E-state index contributed by atoms with van der Waals surface area (Å²) in [6, 6.07) is 41.7. The summed E-state index contributed by atoms with van der Waals surface area (Å²) in [5.74, 6) is -1.67. The molecule has 178 valence electrons. The third-order valence-corrected chi connectivity index (χ3v) is 54.5. The number of benzene rings is 4.